The summed E-state index contributed by atoms with van der Waals surface area (Å²) < 4.78 is 23.7. The number of nitrogens with two attached hydrogens (primary N) is 1. The van der Waals surface area contributed by atoms with Gasteiger partial charge in [0.05, 0.1) is 20.1 Å². The van der Waals surface area contributed by atoms with Crippen molar-refractivity contribution in [3.05, 3.63) is 65.5 Å². The van der Waals surface area contributed by atoms with Gasteiger partial charge in [-0.3, -0.25) is 19.7 Å². The second kappa shape index (κ2) is 15.6. The maximum atomic E-state index is 13.8. The molecule has 4 N–H and O–H groups in total. The number of amides is 2. The number of hydrogen-bond acceptors (Lipinski definition) is 6. The summed E-state index contributed by atoms with van der Waals surface area (Å²) in [6.45, 7) is 0.152. The molecule has 1 aliphatic rings. The monoisotopic (exact) mass is 554 g/mol. The third-order valence-electron chi connectivity index (χ3n) is 7.12. The predicted octanol–water partition coefficient (Wildman–Crippen LogP) is 3.64. The summed E-state index contributed by atoms with van der Waals surface area (Å²) in [5.74, 6) is -2.31. The fourth-order valence-corrected chi connectivity index (χ4v) is 5.00. The highest BCUT2D eigenvalue weighted by molar-refractivity contribution is 5.98. The number of rotatable bonds is 12. The number of halogens is 1. The number of esters is 1. The number of nitrogens with one attached hydrogen (secondary N) is 2. The van der Waals surface area contributed by atoms with Gasteiger partial charge in [-0.2, -0.15) is 0 Å². The Labute approximate surface area is 234 Å². The fraction of sp³-hybridized carbons (Fsp3) is 0.467. The number of ether oxygens (including phenoxy) is 2. The van der Waals surface area contributed by atoms with Crippen LogP contribution < -0.4 is 21.1 Å². The lowest BCUT2D eigenvalue weighted by Crippen LogP contribution is -2.42. The van der Waals surface area contributed by atoms with Gasteiger partial charge in [0.1, 0.15) is 6.04 Å². The molecule has 1 saturated carbocycles. The van der Waals surface area contributed by atoms with Crippen molar-refractivity contribution in [2.24, 2.45) is 22.6 Å². The first-order valence-electron chi connectivity index (χ1n) is 13.6. The highest BCUT2D eigenvalue weighted by atomic mass is 19.1. The first-order chi connectivity index (χ1) is 19.3. The number of aliphatic imine (C=N–C) groups is 1. The molecule has 2 atom stereocenters. The molecule has 0 aromatic heterocycles. The van der Waals surface area contributed by atoms with Crippen LogP contribution in [0.4, 0.5) is 4.39 Å². The molecule has 2 aromatic carbocycles. The minimum Gasteiger partial charge on any atom is -0.494 e. The maximum absolute atomic E-state index is 13.8. The quantitative estimate of drug-likeness (QED) is 0.209. The van der Waals surface area contributed by atoms with Crippen molar-refractivity contribution in [3.63, 3.8) is 0 Å². The van der Waals surface area contributed by atoms with E-state index in [2.05, 4.69) is 15.6 Å². The summed E-state index contributed by atoms with van der Waals surface area (Å²) in [7, 11) is 2.66. The van der Waals surface area contributed by atoms with Gasteiger partial charge in [-0.05, 0) is 42.0 Å². The van der Waals surface area contributed by atoms with Crippen LogP contribution in [0.1, 0.15) is 56.1 Å². The van der Waals surface area contributed by atoms with E-state index in [0.717, 1.165) is 31.2 Å². The van der Waals surface area contributed by atoms with Gasteiger partial charge >= 0.3 is 5.97 Å². The number of methoxy groups -OCH3 is 2. The molecule has 9 nitrogen and oxygen atoms in total. The van der Waals surface area contributed by atoms with E-state index >= 15 is 0 Å². The standard InChI is InChI=1S/C30H39FN4O5/c1-39-26-17-22(13-14-24(26)31)19-33-28(37)25(16-21-11-7-4-8-12-21)34-30(32)35-27(36)18-23(29(38)40-2)15-20-9-5-3-6-10-20/h3,5-6,9-10,13-14,17,21,23,25H,4,7-8,11-12,15-16,18-19H2,1-2H3,(H,33,37)(H3,32,34,35,36). The number of carbonyl (C=O) groups is 3. The van der Waals surface area contributed by atoms with E-state index in [9.17, 15) is 18.8 Å². The molecule has 2 aromatic rings. The number of guanidine groups is 1. The van der Waals surface area contributed by atoms with Crippen molar-refractivity contribution in [1.82, 2.24) is 10.6 Å². The minimum absolute atomic E-state index is 0.0907. The zero-order valence-corrected chi connectivity index (χ0v) is 23.2. The molecule has 0 heterocycles. The van der Waals surface area contributed by atoms with Crippen molar-refractivity contribution in [2.75, 3.05) is 14.2 Å². The number of benzene rings is 2. The van der Waals surface area contributed by atoms with E-state index in [0.29, 0.717) is 24.3 Å². The number of nitrogens with zero attached hydrogens (tertiary/aromatic N) is 1. The molecule has 0 radical (unpaired) electrons. The molecule has 1 fully saturated rings. The molecular formula is C30H39FN4O5. The second-order valence-electron chi connectivity index (χ2n) is 10.1. The Morgan fingerprint density at radius 2 is 1.77 bits per heavy atom. The lowest BCUT2D eigenvalue weighted by atomic mass is 9.84. The molecule has 216 valence electrons. The third-order valence-corrected chi connectivity index (χ3v) is 7.12. The van der Waals surface area contributed by atoms with Crippen LogP contribution in [0.25, 0.3) is 0 Å². The lowest BCUT2D eigenvalue weighted by Gasteiger charge is -2.24. The molecule has 0 aliphatic heterocycles. The topological polar surface area (TPSA) is 132 Å². The molecule has 0 spiro atoms. The third kappa shape index (κ3) is 9.66. The second-order valence-corrected chi connectivity index (χ2v) is 10.1. The summed E-state index contributed by atoms with van der Waals surface area (Å²) in [4.78, 5) is 42.7. The normalized spacial score (nSPS) is 15.5. The molecule has 3 rings (SSSR count). The molecule has 2 unspecified atom stereocenters. The van der Waals surface area contributed by atoms with Crippen molar-refractivity contribution < 1.29 is 28.2 Å². The van der Waals surface area contributed by atoms with Crippen LogP contribution in [0, 0.1) is 17.7 Å². The largest absolute Gasteiger partial charge is 0.494 e. The number of hydrogen-bond donors (Lipinski definition) is 3. The maximum Gasteiger partial charge on any atom is 0.309 e. The summed E-state index contributed by atoms with van der Waals surface area (Å²) in [5, 5.41) is 5.38. The van der Waals surface area contributed by atoms with Gasteiger partial charge < -0.3 is 20.5 Å². The summed E-state index contributed by atoms with van der Waals surface area (Å²) in [5.41, 5.74) is 7.65. The summed E-state index contributed by atoms with van der Waals surface area (Å²) in [6, 6.07) is 12.9. The fourth-order valence-electron chi connectivity index (χ4n) is 5.00. The summed E-state index contributed by atoms with van der Waals surface area (Å²) in [6.07, 6.45) is 6.05. The van der Waals surface area contributed by atoms with E-state index in [4.69, 9.17) is 15.2 Å². The van der Waals surface area contributed by atoms with Gasteiger partial charge in [-0.25, -0.2) is 9.38 Å². The van der Waals surface area contributed by atoms with Gasteiger partial charge in [0, 0.05) is 13.0 Å². The zero-order chi connectivity index (χ0) is 28.9. The Bertz CT molecular complexity index is 1170. The van der Waals surface area contributed by atoms with Crippen LogP contribution in [0.5, 0.6) is 5.75 Å². The molecule has 0 saturated heterocycles. The Balaban J connectivity index is 1.67. The molecular weight excluding hydrogens is 515 g/mol. The van der Waals surface area contributed by atoms with Crippen LogP contribution in [0.2, 0.25) is 0 Å². The average Bonchev–Trinajstić information content (AvgIpc) is 2.96. The van der Waals surface area contributed by atoms with E-state index in [1.165, 1.54) is 32.8 Å². The molecule has 2 amide bonds. The predicted molar refractivity (Wildman–Crippen MR) is 150 cm³/mol. The van der Waals surface area contributed by atoms with Gasteiger partial charge in [-0.1, -0.05) is 68.5 Å². The highest BCUT2D eigenvalue weighted by Gasteiger charge is 2.26. The number of carbonyl (C=O) groups excluding carboxylic acids is 3. The smallest absolute Gasteiger partial charge is 0.309 e. The van der Waals surface area contributed by atoms with Crippen molar-refractivity contribution in [1.29, 1.82) is 0 Å². The van der Waals surface area contributed by atoms with Gasteiger partial charge in [-0.15, -0.1) is 0 Å². The Kier molecular flexibility index (Phi) is 11.9. The van der Waals surface area contributed by atoms with Crippen molar-refractivity contribution in [3.8, 4) is 5.75 Å². The first kappa shape index (κ1) is 30.6. The van der Waals surface area contributed by atoms with E-state index < -0.39 is 29.7 Å². The van der Waals surface area contributed by atoms with Crippen LogP contribution >= 0.6 is 0 Å². The Morgan fingerprint density at radius 3 is 2.45 bits per heavy atom. The molecule has 10 heteroatoms. The minimum atomic E-state index is -0.813. The van der Waals surface area contributed by atoms with Crippen LogP contribution in [0.3, 0.4) is 0 Å². The van der Waals surface area contributed by atoms with E-state index in [-0.39, 0.29) is 30.6 Å². The SMILES string of the molecule is COC(=O)C(CC(=O)NC(N)=NC(CC1CCCCC1)C(=O)NCc1ccc(F)c(OC)c1)Cc1ccccc1. The van der Waals surface area contributed by atoms with Gasteiger partial charge in [0.25, 0.3) is 0 Å². The molecule has 1 aliphatic carbocycles. The first-order valence-corrected chi connectivity index (χ1v) is 13.6. The highest BCUT2D eigenvalue weighted by Crippen LogP contribution is 2.28. The lowest BCUT2D eigenvalue weighted by molar-refractivity contribution is -0.147. The zero-order valence-electron chi connectivity index (χ0n) is 23.2. The van der Waals surface area contributed by atoms with Crippen LogP contribution in [-0.4, -0.2) is 44.0 Å². The molecule has 0 bridgehead atoms. The average molecular weight is 555 g/mol. The Hall–Kier alpha value is -3.95. The van der Waals surface area contributed by atoms with Crippen molar-refractivity contribution in [2.45, 2.75) is 64.0 Å². The summed E-state index contributed by atoms with van der Waals surface area (Å²) >= 11 is 0. The van der Waals surface area contributed by atoms with Crippen LogP contribution in [-0.2, 0) is 32.1 Å². The van der Waals surface area contributed by atoms with E-state index in [1.807, 2.05) is 30.3 Å². The van der Waals surface area contributed by atoms with E-state index in [1.54, 1.807) is 6.07 Å². The van der Waals surface area contributed by atoms with Crippen LogP contribution in [0.15, 0.2) is 53.5 Å². The van der Waals surface area contributed by atoms with Gasteiger partial charge in [0.2, 0.25) is 11.8 Å². The van der Waals surface area contributed by atoms with Gasteiger partial charge in [0.15, 0.2) is 17.5 Å². The molecule has 40 heavy (non-hydrogen) atoms. The Morgan fingerprint density at radius 1 is 1.05 bits per heavy atom. The van der Waals surface area contributed by atoms with Crippen molar-refractivity contribution >= 4 is 23.7 Å².